The summed E-state index contributed by atoms with van der Waals surface area (Å²) in [6.45, 7) is 3.91. The van der Waals surface area contributed by atoms with Crippen LogP contribution in [-0.4, -0.2) is 24.0 Å². The van der Waals surface area contributed by atoms with Gasteiger partial charge in [-0.2, -0.15) is 0 Å². The number of anilines is 1. The van der Waals surface area contributed by atoms with E-state index >= 15 is 0 Å². The number of hydrogen-bond donors (Lipinski definition) is 1. The molecular formula is C15H15NO3S. The van der Waals surface area contributed by atoms with E-state index in [0.717, 1.165) is 10.4 Å². The van der Waals surface area contributed by atoms with Crippen LogP contribution in [0.1, 0.15) is 30.5 Å². The number of nitrogens with zero attached hydrogens (tertiary/aromatic N) is 1. The molecule has 4 nitrogen and oxygen atoms in total. The van der Waals surface area contributed by atoms with Gasteiger partial charge in [0, 0.05) is 11.9 Å². The molecule has 0 unspecified atom stereocenters. The third-order valence-corrected chi connectivity index (χ3v) is 4.32. The van der Waals surface area contributed by atoms with E-state index in [9.17, 15) is 14.7 Å². The van der Waals surface area contributed by atoms with Crippen molar-refractivity contribution in [3.05, 3.63) is 51.2 Å². The monoisotopic (exact) mass is 289 g/mol. The lowest BCUT2D eigenvalue weighted by Gasteiger charge is -2.18. The van der Waals surface area contributed by atoms with Gasteiger partial charge in [0.1, 0.15) is 0 Å². The highest BCUT2D eigenvalue weighted by atomic mass is 32.1. The van der Waals surface area contributed by atoms with Crippen molar-refractivity contribution in [1.82, 2.24) is 0 Å². The van der Waals surface area contributed by atoms with Crippen LogP contribution in [0.2, 0.25) is 0 Å². The number of carbonyl (C=O) groups excluding carboxylic acids is 1. The Balaban J connectivity index is 2.38. The third kappa shape index (κ3) is 2.58. The highest BCUT2D eigenvalue weighted by Crippen LogP contribution is 2.25. The minimum absolute atomic E-state index is 0.119. The molecule has 2 aromatic rings. The zero-order chi connectivity index (χ0) is 14.9. The lowest BCUT2D eigenvalue weighted by atomic mass is 10.1. The molecule has 104 valence electrons. The van der Waals surface area contributed by atoms with Gasteiger partial charge < -0.3 is 10.0 Å². The fraction of sp³-hybridized carbons (Fsp3) is 0.200. The summed E-state index contributed by atoms with van der Waals surface area (Å²) in [5.74, 6) is -1.24. The Morgan fingerprint density at radius 2 is 1.85 bits per heavy atom. The minimum Gasteiger partial charge on any atom is -0.478 e. The number of carboxylic acid groups (broad SMARTS) is 1. The maximum absolute atomic E-state index is 12.4. The number of carbonyl (C=O) groups is 2. The Hall–Kier alpha value is -2.14. The van der Waals surface area contributed by atoms with Crippen LogP contribution in [0.15, 0.2) is 30.3 Å². The normalized spacial score (nSPS) is 10.3. The first kappa shape index (κ1) is 14.3. The fourth-order valence-electron chi connectivity index (χ4n) is 1.90. The molecule has 20 heavy (non-hydrogen) atoms. The minimum atomic E-state index is -1.04. The Kier molecular flexibility index (Phi) is 3.90. The van der Waals surface area contributed by atoms with Crippen molar-refractivity contribution in [2.75, 3.05) is 11.9 Å². The van der Waals surface area contributed by atoms with Crippen molar-refractivity contribution < 1.29 is 14.7 Å². The van der Waals surface area contributed by atoms with Gasteiger partial charge in [0.25, 0.3) is 5.91 Å². The van der Waals surface area contributed by atoms with Crippen LogP contribution in [-0.2, 0) is 0 Å². The van der Waals surface area contributed by atoms with Gasteiger partial charge in [0.2, 0.25) is 0 Å². The topological polar surface area (TPSA) is 57.6 Å². The highest BCUT2D eigenvalue weighted by Gasteiger charge is 2.20. The second kappa shape index (κ2) is 5.46. The Morgan fingerprint density at radius 3 is 2.40 bits per heavy atom. The van der Waals surface area contributed by atoms with Crippen molar-refractivity contribution in [3.63, 3.8) is 0 Å². The average Bonchev–Trinajstić information content (AvgIpc) is 2.77. The summed E-state index contributed by atoms with van der Waals surface area (Å²) in [6.07, 6.45) is 0. The van der Waals surface area contributed by atoms with Crippen LogP contribution in [0, 0.1) is 13.8 Å². The molecule has 1 amide bonds. The second-order valence-electron chi connectivity index (χ2n) is 4.54. The molecule has 0 aliphatic rings. The van der Waals surface area contributed by atoms with Crippen molar-refractivity contribution in [2.24, 2.45) is 0 Å². The van der Waals surface area contributed by atoms with E-state index in [-0.39, 0.29) is 11.5 Å². The summed E-state index contributed by atoms with van der Waals surface area (Å²) in [4.78, 5) is 26.7. The van der Waals surface area contributed by atoms with Gasteiger partial charge in [0.15, 0.2) is 0 Å². The van der Waals surface area contributed by atoms with Gasteiger partial charge >= 0.3 is 5.97 Å². The molecule has 0 atom stereocenters. The van der Waals surface area contributed by atoms with Crippen molar-refractivity contribution in [2.45, 2.75) is 13.8 Å². The Labute approximate surface area is 121 Å². The van der Waals surface area contributed by atoms with Gasteiger partial charge in [-0.25, -0.2) is 4.79 Å². The molecule has 5 heteroatoms. The molecule has 0 spiro atoms. The van der Waals surface area contributed by atoms with Gasteiger partial charge in [-0.1, -0.05) is 12.1 Å². The number of benzene rings is 1. The molecule has 0 saturated carbocycles. The molecule has 0 bridgehead atoms. The number of carboxylic acids is 1. The van der Waals surface area contributed by atoms with Gasteiger partial charge in [-0.15, -0.1) is 11.3 Å². The summed E-state index contributed by atoms with van der Waals surface area (Å²) in [5.41, 5.74) is 1.58. The maximum atomic E-state index is 12.4. The number of para-hydroxylation sites is 1. The van der Waals surface area contributed by atoms with Gasteiger partial charge in [-0.05, 0) is 37.6 Å². The standard InChI is InChI=1S/C15H15NO3S/c1-9-8-13(20-10(9)2)14(17)16(3)12-7-5-4-6-11(12)15(18)19/h4-8H,1-3H3,(H,18,19). The van der Waals surface area contributed by atoms with Gasteiger partial charge in [0.05, 0.1) is 16.1 Å². The van der Waals surface area contributed by atoms with Crippen molar-refractivity contribution in [3.8, 4) is 0 Å². The molecular weight excluding hydrogens is 274 g/mol. The van der Waals surface area contributed by atoms with Crippen LogP contribution in [0.25, 0.3) is 0 Å². The summed E-state index contributed by atoms with van der Waals surface area (Å²) in [5, 5.41) is 9.18. The smallest absolute Gasteiger partial charge is 0.337 e. The molecule has 0 radical (unpaired) electrons. The Bertz CT molecular complexity index is 656. The SMILES string of the molecule is Cc1cc(C(=O)N(C)c2ccccc2C(=O)O)sc1C. The lowest BCUT2D eigenvalue weighted by molar-refractivity contribution is 0.0697. The van der Waals surface area contributed by atoms with Crippen LogP contribution in [0.5, 0.6) is 0 Å². The second-order valence-corrected chi connectivity index (χ2v) is 5.79. The van der Waals surface area contributed by atoms with E-state index in [4.69, 9.17) is 0 Å². The number of thiophene rings is 1. The van der Waals surface area contributed by atoms with Crippen LogP contribution in [0.4, 0.5) is 5.69 Å². The lowest BCUT2D eigenvalue weighted by Crippen LogP contribution is -2.27. The fourth-order valence-corrected chi connectivity index (χ4v) is 2.91. The molecule has 1 N–H and O–H groups in total. The number of aryl methyl sites for hydroxylation is 2. The molecule has 0 fully saturated rings. The number of hydrogen-bond acceptors (Lipinski definition) is 3. The summed E-state index contributed by atoms with van der Waals surface area (Å²) >= 11 is 1.42. The van der Waals surface area contributed by atoms with Crippen LogP contribution < -0.4 is 4.90 Å². The van der Waals surface area contributed by atoms with E-state index in [0.29, 0.717) is 10.6 Å². The first-order chi connectivity index (χ1) is 9.41. The van der Waals surface area contributed by atoms with E-state index in [1.807, 2.05) is 19.9 Å². The van der Waals surface area contributed by atoms with E-state index in [1.54, 1.807) is 25.2 Å². The molecule has 1 heterocycles. The zero-order valence-corrected chi connectivity index (χ0v) is 12.3. The van der Waals surface area contributed by atoms with Gasteiger partial charge in [-0.3, -0.25) is 4.79 Å². The number of amides is 1. The maximum Gasteiger partial charge on any atom is 0.337 e. The first-order valence-corrected chi connectivity index (χ1v) is 6.91. The highest BCUT2D eigenvalue weighted by molar-refractivity contribution is 7.14. The molecule has 0 saturated heterocycles. The predicted molar refractivity (Wildman–Crippen MR) is 79.9 cm³/mol. The summed E-state index contributed by atoms with van der Waals surface area (Å²) in [7, 11) is 1.59. The molecule has 2 rings (SSSR count). The molecule has 0 aliphatic heterocycles. The van der Waals surface area contributed by atoms with Crippen molar-refractivity contribution >= 4 is 28.9 Å². The van der Waals surface area contributed by atoms with Crippen LogP contribution >= 0.6 is 11.3 Å². The first-order valence-electron chi connectivity index (χ1n) is 6.09. The molecule has 0 aliphatic carbocycles. The average molecular weight is 289 g/mol. The molecule has 1 aromatic heterocycles. The summed E-state index contributed by atoms with van der Waals surface area (Å²) in [6, 6.07) is 8.32. The zero-order valence-electron chi connectivity index (χ0n) is 11.5. The number of rotatable bonds is 3. The third-order valence-electron chi connectivity index (χ3n) is 3.18. The predicted octanol–water partition coefficient (Wildman–Crippen LogP) is 3.34. The van der Waals surface area contributed by atoms with E-state index in [2.05, 4.69) is 0 Å². The van der Waals surface area contributed by atoms with E-state index < -0.39 is 5.97 Å². The quantitative estimate of drug-likeness (QED) is 0.942. The Morgan fingerprint density at radius 1 is 1.20 bits per heavy atom. The number of aromatic carboxylic acids is 1. The summed E-state index contributed by atoms with van der Waals surface area (Å²) < 4.78 is 0. The van der Waals surface area contributed by atoms with E-state index in [1.165, 1.54) is 22.3 Å². The molecule has 1 aromatic carbocycles. The largest absolute Gasteiger partial charge is 0.478 e. The van der Waals surface area contributed by atoms with Crippen LogP contribution in [0.3, 0.4) is 0 Å². The van der Waals surface area contributed by atoms with Crippen molar-refractivity contribution in [1.29, 1.82) is 0 Å².